The number of rotatable bonds is 10. The Hall–Kier alpha value is -2.20. The maximum atomic E-state index is 10.3. The van der Waals surface area contributed by atoms with E-state index in [1.807, 2.05) is 12.1 Å². The van der Waals surface area contributed by atoms with E-state index in [1.165, 1.54) is 30.4 Å². The molecule has 1 atom stereocenters. The Kier molecular flexibility index (Phi) is 7.43. The average molecular weight is 398 g/mol. The quantitative estimate of drug-likeness (QED) is 0.585. The molecule has 1 N–H and O–H groups in total. The van der Waals surface area contributed by atoms with E-state index < -0.39 is 0 Å². The summed E-state index contributed by atoms with van der Waals surface area (Å²) in [6, 6.07) is 12.5. The minimum atomic E-state index is 0.203. The van der Waals surface area contributed by atoms with E-state index in [0.29, 0.717) is 5.75 Å². The first-order valence-corrected chi connectivity index (χ1v) is 10.8. The summed E-state index contributed by atoms with van der Waals surface area (Å²) in [5, 5.41) is 10.3. The molecule has 1 fully saturated rings. The zero-order valence-corrected chi connectivity index (χ0v) is 18.3. The molecule has 0 aliphatic heterocycles. The van der Waals surface area contributed by atoms with E-state index in [1.54, 1.807) is 14.2 Å². The number of ether oxygens (including phenoxy) is 2. The van der Waals surface area contributed by atoms with Crippen LogP contribution in [0.25, 0.3) is 0 Å². The van der Waals surface area contributed by atoms with E-state index in [0.717, 1.165) is 43.0 Å². The fourth-order valence-corrected chi connectivity index (χ4v) is 4.32. The highest BCUT2D eigenvalue weighted by atomic mass is 16.5. The Morgan fingerprint density at radius 3 is 2.48 bits per heavy atom. The number of aryl methyl sites for hydroxylation is 1. The summed E-state index contributed by atoms with van der Waals surface area (Å²) in [7, 11) is 5.55. The molecule has 3 rings (SSSR count). The predicted octanol–water partition coefficient (Wildman–Crippen LogP) is 5.38. The molecular weight excluding hydrogens is 362 g/mol. The molecule has 4 nitrogen and oxygen atoms in total. The molecule has 0 saturated heterocycles. The largest absolute Gasteiger partial charge is 0.504 e. The minimum absolute atomic E-state index is 0.203. The lowest BCUT2D eigenvalue weighted by molar-refractivity contribution is 0.160. The second-order valence-electron chi connectivity index (χ2n) is 8.28. The van der Waals surface area contributed by atoms with E-state index in [-0.39, 0.29) is 11.8 Å². The fraction of sp³-hybridized carbons (Fsp3) is 0.520. The number of likely N-dealkylation sites (N-methyl/N-ethyl adjacent to an activating group) is 1. The molecule has 0 aromatic heterocycles. The topological polar surface area (TPSA) is 41.9 Å². The van der Waals surface area contributed by atoms with Gasteiger partial charge in [-0.05, 0) is 79.6 Å². The van der Waals surface area contributed by atoms with Gasteiger partial charge < -0.3 is 14.6 Å². The first-order chi connectivity index (χ1) is 14.0. The summed E-state index contributed by atoms with van der Waals surface area (Å²) in [5.74, 6) is 2.44. The van der Waals surface area contributed by atoms with Crippen molar-refractivity contribution in [3.05, 3.63) is 53.1 Å². The van der Waals surface area contributed by atoms with Crippen molar-refractivity contribution in [3.63, 3.8) is 0 Å². The SMILES string of the molecule is CCCc1cc(OC)ccc1[C@@H](Cc1ccc(OC)c(O)c1)N(C)CC1CCC1. The molecule has 0 radical (unpaired) electrons. The highest BCUT2D eigenvalue weighted by Crippen LogP contribution is 2.35. The van der Waals surface area contributed by atoms with Gasteiger partial charge in [-0.25, -0.2) is 0 Å². The van der Waals surface area contributed by atoms with Gasteiger partial charge in [0.25, 0.3) is 0 Å². The molecule has 158 valence electrons. The van der Waals surface area contributed by atoms with Gasteiger partial charge in [0.1, 0.15) is 5.75 Å². The van der Waals surface area contributed by atoms with Crippen molar-refractivity contribution in [1.82, 2.24) is 4.90 Å². The highest BCUT2D eigenvalue weighted by molar-refractivity contribution is 5.43. The van der Waals surface area contributed by atoms with Crippen LogP contribution in [-0.4, -0.2) is 37.8 Å². The first-order valence-electron chi connectivity index (χ1n) is 10.8. The molecule has 2 aromatic rings. The van der Waals surface area contributed by atoms with Crippen LogP contribution in [0.4, 0.5) is 0 Å². The monoisotopic (exact) mass is 397 g/mol. The van der Waals surface area contributed by atoms with E-state index in [4.69, 9.17) is 9.47 Å². The predicted molar refractivity (Wildman–Crippen MR) is 118 cm³/mol. The van der Waals surface area contributed by atoms with Crippen molar-refractivity contribution in [2.75, 3.05) is 27.8 Å². The van der Waals surface area contributed by atoms with Crippen LogP contribution in [0.2, 0.25) is 0 Å². The number of nitrogens with zero attached hydrogens (tertiary/aromatic N) is 1. The third-order valence-corrected chi connectivity index (χ3v) is 6.20. The van der Waals surface area contributed by atoms with Crippen LogP contribution in [-0.2, 0) is 12.8 Å². The van der Waals surface area contributed by atoms with Gasteiger partial charge in [0.2, 0.25) is 0 Å². The third kappa shape index (κ3) is 5.24. The summed E-state index contributed by atoms with van der Waals surface area (Å²) in [6.07, 6.45) is 7.02. The van der Waals surface area contributed by atoms with E-state index in [9.17, 15) is 5.11 Å². The van der Waals surface area contributed by atoms with Crippen LogP contribution in [0.1, 0.15) is 55.3 Å². The van der Waals surface area contributed by atoms with Crippen LogP contribution in [0.3, 0.4) is 0 Å². The molecule has 1 aliphatic carbocycles. The molecular formula is C25H35NO3. The number of phenols is 1. The maximum Gasteiger partial charge on any atom is 0.160 e. The number of benzene rings is 2. The van der Waals surface area contributed by atoms with Crippen molar-refractivity contribution in [2.45, 2.75) is 51.5 Å². The van der Waals surface area contributed by atoms with Gasteiger partial charge in [-0.3, -0.25) is 4.90 Å². The molecule has 0 spiro atoms. The Balaban J connectivity index is 1.93. The maximum absolute atomic E-state index is 10.3. The van der Waals surface area contributed by atoms with Crippen molar-refractivity contribution in [3.8, 4) is 17.2 Å². The first kappa shape index (κ1) is 21.5. The summed E-state index contributed by atoms with van der Waals surface area (Å²) in [4.78, 5) is 2.51. The van der Waals surface area contributed by atoms with Gasteiger partial charge in [0, 0.05) is 12.6 Å². The molecule has 1 aliphatic rings. The zero-order valence-electron chi connectivity index (χ0n) is 18.3. The van der Waals surface area contributed by atoms with Gasteiger partial charge in [0.05, 0.1) is 14.2 Å². The average Bonchev–Trinajstić information content (AvgIpc) is 2.69. The molecule has 0 unspecified atom stereocenters. The number of hydrogen-bond donors (Lipinski definition) is 1. The summed E-state index contributed by atoms with van der Waals surface area (Å²) in [5.41, 5.74) is 3.84. The summed E-state index contributed by atoms with van der Waals surface area (Å²) < 4.78 is 10.7. The van der Waals surface area contributed by atoms with Gasteiger partial charge in [-0.15, -0.1) is 0 Å². The molecule has 0 heterocycles. The number of aromatic hydroxyl groups is 1. The van der Waals surface area contributed by atoms with Crippen molar-refractivity contribution in [2.24, 2.45) is 5.92 Å². The van der Waals surface area contributed by atoms with Gasteiger partial charge >= 0.3 is 0 Å². The van der Waals surface area contributed by atoms with Crippen molar-refractivity contribution >= 4 is 0 Å². The van der Waals surface area contributed by atoms with Gasteiger partial charge in [-0.1, -0.05) is 31.9 Å². The second kappa shape index (κ2) is 10.0. The van der Waals surface area contributed by atoms with Crippen LogP contribution < -0.4 is 9.47 Å². The lowest BCUT2D eigenvalue weighted by Crippen LogP contribution is -2.34. The second-order valence-corrected chi connectivity index (χ2v) is 8.28. The number of hydrogen-bond acceptors (Lipinski definition) is 4. The third-order valence-electron chi connectivity index (χ3n) is 6.20. The van der Waals surface area contributed by atoms with Crippen LogP contribution >= 0.6 is 0 Å². The highest BCUT2D eigenvalue weighted by Gasteiger charge is 2.26. The summed E-state index contributed by atoms with van der Waals surface area (Å²) >= 11 is 0. The van der Waals surface area contributed by atoms with Crippen LogP contribution in [0.15, 0.2) is 36.4 Å². The Morgan fingerprint density at radius 2 is 1.90 bits per heavy atom. The normalized spacial score (nSPS) is 15.2. The van der Waals surface area contributed by atoms with Crippen molar-refractivity contribution in [1.29, 1.82) is 0 Å². The van der Waals surface area contributed by atoms with Crippen LogP contribution in [0, 0.1) is 5.92 Å². The molecule has 0 amide bonds. The lowest BCUT2D eigenvalue weighted by atomic mass is 9.84. The molecule has 0 bridgehead atoms. The smallest absolute Gasteiger partial charge is 0.160 e. The zero-order chi connectivity index (χ0) is 20.8. The Bertz CT molecular complexity index is 801. The van der Waals surface area contributed by atoms with E-state index in [2.05, 4.69) is 43.1 Å². The van der Waals surface area contributed by atoms with Crippen molar-refractivity contribution < 1.29 is 14.6 Å². The molecule has 1 saturated carbocycles. The minimum Gasteiger partial charge on any atom is -0.504 e. The molecule has 29 heavy (non-hydrogen) atoms. The fourth-order valence-electron chi connectivity index (χ4n) is 4.32. The number of phenolic OH excluding ortho intramolecular Hbond substituents is 1. The summed E-state index contributed by atoms with van der Waals surface area (Å²) in [6.45, 7) is 3.34. The van der Waals surface area contributed by atoms with Crippen LogP contribution in [0.5, 0.6) is 17.2 Å². The lowest BCUT2D eigenvalue weighted by Gasteiger charge is -2.36. The van der Waals surface area contributed by atoms with E-state index >= 15 is 0 Å². The Labute approximate surface area is 175 Å². The standard InChI is InChI=1S/C25H35NO3/c1-5-7-20-16-21(28-3)11-12-22(20)23(26(2)17-18-8-6-9-18)14-19-10-13-25(29-4)24(27)15-19/h10-13,15-16,18,23,27H,5-9,14,17H2,1-4H3/t23-/m1/s1. The molecule has 2 aromatic carbocycles. The molecule has 4 heteroatoms. The Morgan fingerprint density at radius 1 is 1.10 bits per heavy atom. The number of methoxy groups -OCH3 is 2. The van der Waals surface area contributed by atoms with Gasteiger partial charge in [0.15, 0.2) is 11.5 Å². The van der Waals surface area contributed by atoms with Gasteiger partial charge in [-0.2, -0.15) is 0 Å².